The molecule has 18 heavy (non-hydrogen) atoms. The average Bonchev–Trinajstić information content (AvgIpc) is 2.70. The molecule has 100 valence electrons. The van der Waals surface area contributed by atoms with Gasteiger partial charge in [-0.15, -0.1) is 0 Å². The van der Waals surface area contributed by atoms with Crippen molar-refractivity contribution in [3.05, 3.63) is 11.9 Å². The van der Waals surface area contributed by atoms with E-state index in [2.05, 4.69) is 41.0 Å². The van der Waals surface area contributed by atoms with Gasteiger partial charge >= 0.3 is 0 Å². The third-order valence-corrected chi connectivity index (χ3v) is 3.95. The Morgan fingerprint density at radius 3 is 2.50 bits per heavy atom. The Morgan fingerprint density at radius 2 is 1.94 bits per heavy atom. The van der Waals surface area contributed by atoms with Gasteiger partial charge in [0.1, 0.15) is 18.0 Å². The number of rotatable bonds is 4. The van der Waals surface area contributed by atoms with Crippen LogP contribution in [0.15, 0.2) is 6.33 Å². The van der Waals surface area contributed by atoms with E-state index in [1.54, 1.807) is 6.33 Å². The van der Waals surface area contributed by atoms with E-state index in [4.69, 9.17) is 0 Å². The number of nitrogens with zero attached hydrogens (tertiary/aromatic N) is 3. The molecule has 0 radical (unpaired) electrons. The third kappa shape index (κ3) is 2.42. The van der Waals surface area contributed by atoms with Crippen LogP contribution in [0.3, 0.4) is 0 Å². The number of anilines is 2. The fraction of sp³-hybridized carbons (Fsp3) is 0.714. The Balaban J connectivity index is 2.32. The lowest BCUT2D eigenvalue weighted by Crippen LogP contribution is -2.23. The molecule has 0 spiro atoms. The number of aromatic nitrogens is 2. The minimum Gasteiger partial charge on any atom is -0.373 e. The van der Waals surface area contributed by atoms with E-state index in [-0.39, 0.29) is 0 Å². The molecule has 2 heterocycles. The van der Waals surface area contributed by atoms with E-state index in [0.717, 1.165) is 49.4 Å². The van der Waals surface area contributed by atoms with Gasteiger partial charge in [-0.2, -0.15) is 0 Å². The van der Waals surface area contributed by atoms with Gasteiger partial charge in [-0.05, 0) is 18.3 Å². The van der Waals surface area contributed by atoms with Crippen molar-refractivity contribution in [2.24, 2.45) is 11.8 Å². The minimum absolute atomic E-state index is 0.743. The first-order chi connectivity index (χ1) is 8.67. The van der Waals surface area contributed by atoms with Crippen LogP contribution in [0.2, 0.25) is 0 Å². The molecule has 0 saturated carbocycles. The first-order valence-corrected chi connectivity index (χ1v) is 6.93. The molecule has 0 amide bonds. The molecule has 1 aliphatic heterocycles. The quantitative estimate of drug-likeness (QED) is 0.889. The van der Waals surface area contributed by atoms with Crippen LogP contribution in [-0.2, 0) is 6.42 Å². The maximum Gasteiger partial charge on any atom is 0.137 e. The van der Waals surface area contributed by atoms with Crippen molar-refractivity contribution in [1.82, 2.24) is 9.97 Å². The summed E-state index contributed by atoms with van der Waals surface area (Å²) in [5, 5.41) is 3.19. The summed E-state index contributed by atoms with van der Waals surface area (Å²) in [4.78, 5) is 11.3. The Bertz CT molecular complexity index is 395. The van der Waals surface area contributed by atoms with E-state index < -0.39 is 0 Å². The van der Waals surface area contributed by atoms with E-state index in [1.165, 1.54) is 5.56 Å². The highest BCUT2D eigenvalue weighted by molar-refractivity contribution is 5.59. The van der Waals surface area contributed by atoms with Gasteiger partial charge in [0.2, 0.25) is 0 Å². The SMILES string of the molecule is CCCc1c(NC)ncnc1N1CC(C)C(C)C1. The molecule has 4 heteroatoms. The van der Waals surface area contributed by atoms with Crippen molar-refractivity contribution in [1.29, 1.82) is 0 Å². The molecule has 2 rings (SSSR count). The van der Waals surface area contributed by atoms with Crippen molar-refractivity contribution in [3.8, 4) is 0 Å². The zero-order valence-electron chi connectivity index (χ0n) is 11.9. The molecule has 1 aromatic rings. The Labute approximate surface area is 110 Å². The molecule has 1 saturated heterocycles. The van der Waals surface area contributed by atoms with Crippen molar-refractivity contribution < 1.29 is 0 Å². The van der Waals surface area contributed by atoms with Gasteiger partial charge in [-0.1, -0.05) is 27.2 Å². The van der Waals surface area contributed by atoms with Gasteiger partial charge in [0.15, 0.2) is 0 Å². The lowest BCUT2D eigenvalue weighted by molar-refractivity contribution is 0.494. The number of nitrogens with one attached hydrogen (secondary N) is 1. The maximum absolute atomic E-state index is 4.53. The second-order valence-corrected chi connectivity index (χ2v) is 5.38. The lowest BCUT2D eigenvalue weighted by atomic mass is 10.0. The summed E-state index contributed by atoms with van der Waals surface area (Å²) in [5.74, 6) is 3.60. The fourth-order valence-corrected chi connectivity index (χ4v) is 2.67. The van der Waals surface area contributed by atoms with Gasteiger partial charge in [-0.25, -0.2) is 9.97 Å². The highest BCUT2D eigenvalue weighted by Gasteiger charge is 2.28. The molecule has 0 aromatic carbocycles. The molecular formula is C14H24N4. The molecule has 2 unspecified atom stereocenters. The van der Waals surface area contributed by atoms with Crippen LogP contribution in [-0.4, -0.2) is 30.1 Å². The standard InChI is InChI=1S/C14H24N4/c1-5-6-12-13(15-4)16-9-17-14(12)18-7-10(2)11(3)8-18/h9-11H,5-8H2,1-4H3,(H,15,16,17). The normalized spacial score (nSPS) is 23.4. The van der Waals surface area contributed by atoms with Gasteiger partial charge in [0.25, 0.3) is 0 Å². The van der Waals surface area contributed by atoms with Crippen LogP contribution in [0.5, 0.6) is 0 Å². The summed E-state index contributed by atoms with van der Waals surface area (Å²) in [6, 6.07) is 0. The summed E-state index contributed by atoms with van der Waals surface area (Å²) >= 11 is 0. The van der Waals surface area contributed by atoms with E-state index in [0.29, 0.717) is 0 Å². The van der Waals surface area contributed by atoms with E-state index in [9.17, 15) is 0 Å². The zero-order valence-corrected chi connectivity index (χ0v) is 11.9. The summed E-state index contributed by atoms with van der Waals surface area (Å²) in [6.07, 6.45) is 3.83. The lowest BCUT2D eigenvalue weighted by Gasteiger charge is -2.21. The third-order valence-electron chi connectivity index (χ3n) is 3.95. The molecule has 0 aliphatic carbocycles. The predicted octanol–water partition coefficient (Wildman–Crippen LogP) is 2.56. The highest BCUT2D eigenvalue weighted by atomic mass is 15.2. The Morgan fingerprint density at radius 1 is 1.28 bits per heavy atom. The number of hydrogen-bond donors (Lipinski definition) is 1. The molecule has 1 aromatic heterocycles. The smallest absolute Gasteiger partial charge is 0.137 e. The summed E-state index contributed by atoms with van der Waals surface area (Å²) in [6.45, 7) is 9.07. The molecule has 2 atom stereocenters. The average molecular weight is 248 g/mol. The van der Waals surface area contributed by atoms with Gasteiger partial charge in [-0.3, -0.25) is 0 Å². The van der Waals surface area contributed by atoms with Crippen molar-refractivity contribution >= 4 is 11.6 Å². The number of hydrogen-bond acceptors (Lipinski definition) is 4. The van der Waals surface area contributed by atoms with Crippen molar-refractivity contribution in [2.75, 3.05) is 30.4 Å². The van der Waals surface area contributed by atoms with Crippen molar-refractivity contribution in [3.63, 3.8) is 0 Å². The van der Waals surface area contributed by atoms with Gasteiger partial charge in [0, 0.05) is 25.7 Å². The van der Waals surface area contributed by atoms with E-state index in [1.807, 2.05) is 7.05 Å². The van der Waals surface area contributed by atoms with Gasteiger partial charge in [0.05, 0.1) is 0 Å². The summed E-state index contributed by atoms with van der Waals surface area (Å²) in [5.41, 5.74) is 1.27. The Hall–Kier alpha value is -1.32. The van der Waals surface area contributed by atoms with Crippen LogP contribution in [0.4, 0.5) is 11.6 Å². The highest BCUT2D eigenvalue weighted by Crippen LogP contribution is 2.31. The Kier molecular flexibility index (Phi) is 4.04. The second kappa shape index (κ2) is 5.55. The first kappa shape index (κ1) is 13.1. The molecule has 4 nitrogen and oxygen atoms in total. The fourth-order valence-electron chi connectivity index (χ4n) is 2.67. The van der Waals surface area contributed by atoms with Crippen LogP contribution < -0.4 is 10.2 Å². The zero-order chi connectivity index (χ0) is 13.1. The topological polar surface area (TPSA) is 41.1 Å². The van der Waals surface area contributed by atoms with Crippen LogP contribution >= 0.6 is 0 Å². The maximum atomic E-state index is 4.53. The van der Waals surface area contributed by atoms with Crippen LogP contribution in [0, 0.1) is 11.8 Å². The summed E-state index contributed by atoms with van der Waals surface area (Å²) in [7, 11) is 1.93. The summed E-state index contributed by atoms with van der Waals surface area (Å²) < 4.78 is 0. The first-order valence-electron chi connectivity index (χ1n) is 6.93. The van der Waals surface area contributed by atoms with Crippen molar-refractivity contribution in [2.45, 2.75) is 33.6 Å². The van der Waals surface area contributed by atoms with E-state index >= 15 is 0 Å². The molecular weight excluding hydrogens is 224 g/mol. The molecule has 0 bridgehead atoms. The molecule has 1 N–H and O–H groups in total. The largest absolute Gasteiger partial charge is 0.373 e. The minimum atomic E-state index is 0.743. The monoisotopic (exact) mass is 248 g/mol. The molecule has 1 fully saturated rings. The predicted molar refractivity (Wildman–Crippen MR) is 76.1 cm³/mol. The van der Waals surface area contributed by atoms with Crippen LogP contribution in [0.25, 0.3) is 0 Å². The molecule has 1 aliphatic rings. The van der Waals surface area contributed by atoms with Gasteiger partial charge < -0.3 is 10.2 Å². The second-order valence-electron chi connectivity index (χ2n) is 5.38. The van der Waals surface area contributed by atoms with Crippen LogP contribution in [0.1, 0.15) is 32.8 Å².